The number of rotatable bonds is 14. The molecule has 0 radical (unpaired) electrons. The number of unbranched alkanes of at least 4 members (excludes halogenated alkanes) is 5. The van der Waals surface area contributed by atoms with Gasteiger partial charge in [-0.25, -0.2) is 16.8 Å². The molecule has 0 heterocycles. The number of aryl methyl sites for hydroxylation is 1. The molecule has 0 fully saturated rings. The van der Waals surface area contributed by atoms with E-state index in [2.05, 4.69) is 6.92 Å². The van der Waals surface area contributed by atoms with Gasteiger partial charge in [0.05, 0.1) is 37.9 Å². The fourth-order valence-electron chi connectivity index (χ4n) is 4.32. The molecule has 0 aliphatic rings. The zero-order valence-electron chi connectivity index (χ0n) is 22.5. The molecular formula is C29H34Cl2O7S2. The summed E-state index contributed by atoms with van der Waals surface area (Å²) in [4.78, 5) is -0.154. The van der Waals surface area contributed by atoms with Gasteiger partial charge in [0.25, 0.3) is 0 Å². The van der Waals surface area contributed by atoms with Crippen LogP contribution in [0.15, 0.2) is 58.3 Å². The number of hydrogen-bond donors (Lipinski definition) is 2. The third kappa shape index (κ3) is 8.52. The van der Waals surface area contributed by atoms with Gasteiger partial charge >= 0.3 is 0 Å². The van der Waals surface area contributed by atoms with Crippen LogP contribution in [0.5, 0.6) is 17.2 Å². The van der Waals surface area contributed by atoms with Crippen LogP contribution in [0.2, 0.25) is 10.0 Å². The number of hydrogen-bond acceptors (Lipinski definition) is 7. The average molecular weight is 630 g/mol. The van der Waals surface area contributed by atoms with E-state index in [4.69, 9.17) is 27.9 Å². The lowest BCUT2D eigenvalue weighted by atomic mass is 10.1. The third-order valence-corrected chi connectivity index (χ3v) is 10.3. The molecule has 7 nitrogen and oxygen atoms in total. The minimum atomic E-state index is -3.93. The minimum absolute atomic E-state index is 0.0772. The maximum absolute atomic E-state index is 13.3. The summed E-state index contributed by atoms with van der Waals surface area (Å²) in [6.07, 6.45) is 6.14. The van der Waals surface area contributed by atoms with Gasteiger partial charge in [0.1, 0.15) is 17.2 Å². The number of aromatic hydroxyl groups is 2. The third-order valence-electron chi connectivity index (χ3n) is 6.38. The predicted molar refractivity (Wildman–Crippen MR) is 158 cm³/mol. The fraction of sp³-hybridized carbons (Fsp3) is 0.379. The van der Waals surface area contributed by atoms with Crippen LogP contribution in [-0.2, 0) is 31.2 Å². The molecule has 0 amide bonds. The van der Waals surface area contributed by atoms with Gasteiger partial charge in [-0.15, -0.1) is 0 Å². The Morgan fingerprint density at radius 2 is 1.15 bits per heavy atom. The summed E-state index contributed by atoms with van der Waals surface area (Å²) in [5.41, 5.74) is 1.31. The first-order valence-corrected chi connectivity index (χ1v) is 17.1. The SMILES string of the molecule is CCCCCCCCOc1c(CS(=O)(=O)c2ccc(O)c(Cl)c2)cc(C)cc1CS(=O)(=O)c1ccc(O)c(Cl)c1. The van der Waals surface area contributed by atoms with Crippen LogP contribution in [0.25, 0.3) is 0 Å². The van der Waals surface area contributed by atoms with Crippen LogP contribution in [0.4, 0.5) is 0 Å². The van der Waals surface area contributed by atoms with Crippen molar-refractivity contribution >= 4 is 42.9 Å². The van der Waals surface area contributed by atoms with Gasteiger partial charge in [-0.3, -0.25) is 0 Å². The Hall–Kier alpha value is -2.46. The smallest absolute Gasteiger partial charge is 0.182 e. The van der Waals surface area contributed by atoms with Crippen LogP contribution in [0.1, 0.15) is 62.1 Å². The van der Waals surface area contributed by atoms with Crippen molar-refractivity contribution in [1.29, 1.82) is 0 Å². The summed E-state index contributed by atoms with van der Waals surface area (Å²) in [6, 6.07) is 10.7. The van der Waals surface area contributed by atoms with E-state index in [0.29, 0.717) is 23.3 Å². The molecule has 11 heteroatoms. The maximum atomic E-state index is 13.3. The fourth-order valence-corrected chi connectivity index (χ4v) is 7.54. The standard InChI is InChI=1S/C29H34Cl2O7S2/c1-3-4-5-6-7-8-13-38-29-21(18-39(34,35)23-9-11-27(32)25(30)16-23)14-20(2)15-22(29)19-40(36,37)24-10-12-28(33)26(31)17-24/h9-12,14-17,32-33H,3-8,13,18-19H2,1-2H3. The highest BCUT2D eigenvalue weighted by Gasteiger charge is 2.25. The lowest BCUT2D eigenvalue weighted by Crippen LogP contribution is -2.12. The van der Waals surface area contributed by atoms with E-state index in [9.17, 15) is 27.0 Å². The summed E-state index contributed by atoms with van der Waals surface area (Å²) >= 11 is 11.9. The lowest BCUT2D eigenvalue weighted by Gasteiger charge is -2.18. The van der Waals surface area contributed by atoms with Crippen molar-refractivity contribution in [2.45, 2.75) is 73.7 Å². The second-order valence-electron chi connectivity index (χ2n) is 9.77. The van der Waals surface area contributed by atoms with Crippen LogP contribution < -0.4 is 4.74 Å². The highest BCUT2D eigenvalue weighted by Crippen LogP contribution is 2.35. The molecule has 0 saturated carbocycles. The van der Waals surface area contributed by atoms with E-state index in [0.717, 1.165) is 38.5 Å². The summed E-state index contributed by atoms with van der Waals surface area (Å²) in [5, 5.41) is 19.2. The zero-order valence-corrected chi connectivity index (χ0v) is 25.6. The number of phenols is 2. The highest BCUT2D eigenvalue weighted by atomic mass is 35.5. The molecule has 3 rings (SSSR count). The van der Waals surface area contributed by atoms with Crippen molar-refractivity contribution in [3.8, 4) is 17.2 Å². The monoisotopic (exact) mass is 628 g/mol. The molecule has 3 aromatic rings. The summed E-state index contributed by atoms with van der Waals surface area (Å²) < 4.78 is 59.5. The minimum Gasteiger partial charge on any atom is -0.506 e. The predicted octanol–water partition coefficient (Wildman–Crippen LogP) is 7.40. The Morgan fingerprint density at radius 1 is 0.700 bits per heavy atom. The molecule has 40 heavy (non-hydrogen) atoms. The molecule has 0 atom stereocenters. The normalized spacial score (nSPS) is 12.0. The van der Waals surface area contributed by atoms with E-state index in [1.807, 2.05) is 0 Å². The summed E-state index contributed by atoms with van der Waals surface area (Å²) in [6.45, 7) is 4.19. The van der Waals surface area contributed by atoms with Gasteiger partial charge in [0, 0.05) is 11.1 Å². The van der Waals surface area contributed by atoms with Crippen molar-refractivity contribution in [2.24, 2.45) is 0 Å². The van der Waals surface area contributed by atoms with Gasteiger partial charge in [-0.05, 0) is 49.7 Å². The topological polar surface area (TPSA) is 118 Å². The first-order chi connectivity index (χ1) is 18.8. The first kappa shape index (κ1) is 32.1. The second-order valence-corrected chi connectivity index (χ2v) is 14.6. The quantitative estimate of drug-likeness (QED) is 0.178. The summed E-state index contributed by atoms with van der Waals surface area (Å²) in [7, 11) is -7.86. The number of ether oxygens (including phenoxy) is 1. The van der Waals surface area contributed by atoms with Crippen molar-refractivity contribution in [1.82, 2.24) is 0 Å². The number of benzene rings is 3. The molecular weight excluding hydrogens is 595 g/mol. The average Bonchev–Trinajstić information content (AvgIpc) is 2.87. The van der Waals surface area contributed by atoms with Gasteiger partial charge in [0.15, 0.2) is 19.7 Å². The molecule has 0 aromatic heterocycles. The van der Waals surface area contributed by atoms with Crippen LogP contribution in [0.3, 0.4) is 0 Å². The number of phenolic OH excluding ortho intramolecular Hbond substituents is 2. The Labute approximate surface area is 246 Å². The molecule has 3 aromatic carbocycles. The van der Waals surface area contributed by atoms with Gasteiger partial charge in [0.2, 0.25) is 0 Å². The second kappa shape index (κ2) is 13.9. The van der Waals surface area contributed by atoms with Crippen molar-refractivity contribution in [3.63, 3.8) is 0 Å². The summed E-state index contributed by atoms with van der Waals surface area (Å²) in [5.74, 6) is -1.18. The van der Waals surface area contributed by atoms with E-state index < -0.39 is 31.2 Å². The Morgan fingerprint density at radius 3 is 1.60 bits per heavy atom. The van der Waals surface area contributed by atoms with Crippen molar-refractivity contribution < 1.29 is 31.8 Å². The van der Waals surface area contributed by atoms with E-state index >= 15 is 0 Å². The van der Waals surface area contributed by atoms with Gasteiger partial charge in [-0.2, -0.15) is 0 Å². The molecule has 0 aliphatic heterocycles. The molecule has 218 valence electrons. The molecule has 0 bridgehead atoms. The number of halogens is 2. The van der Waals surface area contributed by atoms with Crippen molar-refractivity contribution in [2.75, 3.05) is 6.61 Å². The molecule has 2 N–H and O–H groups in total. The Kier molecular flexibility index (Phi) is 11.2. The molecule has 0 spiro atoms. The maximum Gasteiger partial charge on any atom is 0.182 e. The largest absolute Gasteiger partial charge is 0.506 e. The zero-order chi connectivity index (χ0) is 29.5. The molecule has 0 saturated heterocycles. The van der Waals surface area contributed by atoms with Gasteiger partial charge < -0.3 is 14.9 Å². The van der Waals surface area contributed by atoms with E-state index in [1.165, 1.54) is 36.4 Å². The van der Waals surface area contributed by atoms with Crippen molar-refractivity contribution in [3.05, 3.63) is 75.3 Å². The first-order valence-electron chi connectivity index (χ1n) is 13.0. The van der Waals surface area contributed by atoms with Crippen LogP contribution in [0, 0.1) is 6.92 Å². The van der Waals surface area contributed by atoms with Gasteiger partial charge in [-0.1, -0.05) is 79.9 Å². The van der Waals surface area contributed by atoms with Crippen LogP contribution >= 0.6 is 23.2 Å². The van der Waals surface area contributed by atoms with E-state index in [-0.39, 0.29) is 37.1 Å². The number of sulfone groups is 2. The molecule has 0 unspecified atom stereocenters. The Balaban J connectivity index is 1.98. The highest BCUT2D eigenvalue weighted by molar-refractivity contribution is 7.91. The molecule has 0 aliphatic carbocycles. The van der Waals surface area contributed by atoms with Crippen LogP contribution in [-0.4, -0.2) is 33.7 Å². The lowest BCUT2D eigenvalue weighted by molar-refractivity contribution is 0.300. The Bertz CT molecular complexity index is 1450. The van der Waals surface area contributed by atoms with E-state index in [1.54, 1.807) is 19.1 Å².